The summed E-state index contributed by atoms with van der Waals surface area (Å²) in [5.74, 6) is 2.75. The van der Waals surface area contributed by atoms with Crippen molar-refractivity contribution in [3.05, 3.63) is 84.2 Å². The first-order chi connectivity index (χ1) is 15.3. The number of nitrogens with one attached hydrogen (secondary N) is 1. The second-order valence-corrected chi connectivity index (χ2v) is 8.63. The van der Waals surface area contributed by atoms with Gasteiger partial charge in [0.05, 0.1) is 7.11 Å². The van der Waals surface area contributed by atoms with Crippen LogP contribution in [0.25, 0.3) is 22.5 Å². The van der Waals surface area contributed by atoms with Gasteiger partial charge >= 0.3 is 0 Å². The van der Waals surface area contributed by atoms with Crippen molar-refractivity contribution in [1.29, 1.82) is 0 Å². The molecule has 0 radical (unpaired) electrons. The summed E-state index contributed by atoms with van der Waals surface area (Å²) in [4.78, 5) is 5.59. The van der Waals surface area contributed by atoms with E-state index in [1.807, 2.05) is 23.9 Å². The van der Waals surface area contributed by atoms with Crippen molar-refractivity contribution in [1.82, 2.24) is 15.2 Å². The van der Waals surface area contributed by atoms with Crippen LogP contribution in [0.5, 0.6) is 5.75 Å². The van der Waals surface area contributed by atoms with Gasteiger partial charge in [0, 0.05) is 21.6 Å². The van der Waals surface area contributed by atoms with Crippen LogP contribution in [0.1, 0.15) is 24.0 Å². The predicted octanol–water partition coefficient (Wildman–Crippen LogP) is 6.57. The molecule has 0 aliphatic carbocycles. The van der Waals surface area contributed by atoms with E-state index in [0.717, 1.165) is 41.3 Å². The van der Waals surface area contributed by atoms with E-state index in [2.05, 4.69) is 76.7 Å². The van der Waals surface area contributed by atoms with E-state index in [1.54, 1.807) is 13.4 Å². The monoisotopic (exact) mass is 429 g/mol. The molecule has 0 aliphatic rings. The first-order valence-electron chi connectivity index (χ1n) is 10.6. The molecule has 0 spiro atoms. The summed E-state index contributed by atoms with van der Waals surface area (Å²) in [6.45, 7) is 2.15. The third-order valence-electron chi connectivity index (χ3n) is 5.32. The van der Waals surface area contributed by atoms with Gasteiger partial charge < -0.3 is 4.74 Å². The molecule has 0 fully saturated rings. The number of rotatable bonds is 9. The van der Waals surface area contributed by atoms with E-state index in [-0.39, 0.29) is 0 Å². The molecule has 158 valence electrons. The zero-order valence-corrected chi connectivity index (χ0v) is 18.8. The number of hydrogen-bond acceptors (Lipinski definition) is 4. The molecule has 1 heterocycles. The standard InChI is InChI=1S/C26H27N3OS/c1-19-16-21(26-27-18-28-29-26)17-24(25(19)22-13-6-7-14-23(22)30-2)31-15-9-8-12-20-10-4-3-5-11-20/h3-7,10-11,13-14,16-18H,8-9,12,15H2,1-2H3,(H,27,28,29). The molecule has 1 aromatic heterocycles. The van der Waals surface area contributed by atoms with Gasteiger partial charge in [-0.2, -0.15) is 5.10 Å². The van der Waals surface area contributed by atoms with Crippen LogP contribution >= 0.6 is 11.8 Å². The fourth-order valence-electron chi connectivity index (χ4n) is 3.80. The Morgan fingerprint density at radius 1 is 0.968 bits per heavy atom. The molecule has 0 saturated carbocycles. The number of H-pyrrole nitrogens is 1. The average Bonchev–Trinajstić information content (AvgIpc) is 3.34. The van der Waals surface area contributed by atoms with Crippen LogP contribution in [0, 0.1) is 6.92 Å². The Balaban J connectivity index is 1.57. The SMILES string of the molecule is COc1ccccc1-c1c(C)cc(-c2ncn[nH]2)cc1SCCCCc1ccccc1. The summed E-state index contributed by atoms with van der Waals surface area (Å²) in [5, 5.41) is 7.01. The predicted molar refractivity (Wildman–Crippen MR) is 129 cm³/mol. The largest absolute Gasteiger partial charge is 0.496 e. The lowest BCUT2D eigenvalue weighted by atomic mass is 9.97. The van der Waals surface area contributed by atoms with Crippen LogP contribution in [0.2, 0.25) is 0 Å². The molecule has 1 N–H and O–H groups in total. The van der Waals surface area contributed by atoms with Gasteiger partial charge in [0.2, 0.25) is 0 Å². The summed E-state index contributed by atoms with van der Waals surface area (Å²) in [6.07, 6.45) is 5.02. The van der Waals surface area contributed by atoms with E-state index in [1.165, 1.54) is 28.0 Å². The van der Waals surface area contributed by atoms with Crippen molar-refractivity contribution in [2.75, 3.05) is 12.9 Å². The quantitative estimate of drug-likeness (QED) is 0.241. The Labute approximate surface area is 188 Å². The fourth-order valence-corrected chi connectivity index (χ4v) is 5.00. The van der Waals surface area contributed by atoms with E-state index in [4.69, 9.17) is 4.74 Å². The average molecular weight is 430 g/mol. The molecule has 0 amide bonds. The number of ether oxygens (including phenoxy) is 1. The van der Waals surface area contributed by atoms with Crippen LogP contribution < -0.4 is 4.74 Å². The molecular formula is C26H27N3OS. The molecule has 0 unspecified atom stereocenters. The number of nitrogens with zero attached hydrogens (tertiary/aromatic N) is 2. The highest BCUT2D eigenvalue weighted by atomic mass is 32.2. The first kappa shape index (κ1) is 21.2. The first-order valence-corrected chi connectivity index (χ1v) is 11.6. The van der Waals surface area contributed by atoms with Crippen molar-refractivity contribution < 1.29 is 4.74 Å². The maximum absolute atomic E-state index is 5.67. The summed E-state index contributed by atoms with van der Waals surface area (Å²) in [7, 11) is 1.73. The Bertz CT molecular complexity index is 1110. The second-order valence-electron chi connectivity index (χ2n) is 7.49. The van der Waals surface area contributed by atoms with Gasteiger partial charge in [-0.3, -0.25) is 5.10 Å². The van der Waals surface area contributed by atoms with Crippen molar-refractivity contribution in [3.8, 4) is 28.3 Å². The summed E-state index contributed by atoms with van der Waals surface area (Å²) in [6, 6.07) is 23.3. The normalized spacial score (nSPS) is 10.9. The summed E-state index contributed by atoms with van der Waals surface area (Å²) < 4.78 is 5.67. The topological polar surface area (TPSA) is 50.8 Å². The summed E-state index contributed by atoms with van der Waals surface area (Å²) >= 11 is 1.90. The number of thioether (sulfide) groups is 1. The molecule has 0 bridgehead atoms. The maximum Gasteiger partial charge on any atom is 0.155 e. The molecule has 5 heteroatoms. The number of methoxy groups -OCH3 is 1. The molecule has 4 aromatic rings. The van der Waals surface area contributed by atoms with Crippen molar-refractivity contribution in [2.24, 2.45) is 0 Å². The van der Waals surface area contributed by atoms with Crippen LogP contribution in [-0.4, -0.2) is 28.0 Å². The minimum Gasteiger partial charge on any atom is -0.496 e. The Morgan fingerprint density at radius 3 is 2.55 bits per heavy atom. The van der Waals surface area contributed by atoms with Crippen LogP contribution in [0.15, 0.2) is 78.0 Å². The van der Waals surface area contributed by atoms with Crippen molar-refractivity contribution >= 4 is 11.8 Å². The maximum atomic E-state index is 5.67. The van der Waals surface area contributed by atoms with Crippen LogP contribution in [0.4, 0.5) is 0 Å². The number of aryl methyl sites for hydroxylation is 2. The molecule has 0 aliphatic heterocycles. The number of para-hydroxylation sites is 1. The van der Waals surface area contributed by atoms with Gasteiger partial charge in [-0.05, 0) is 61.3 Å². The van der Waals surface area contributed by atoms with Crippen LogP contribution in [0.3, 0.4) is 0 Å². The Hall–Kier alpha value is -3.05. The molecule has 31 heavy (non-hydrogen) atoms. The highest BCUT2D eigenvalue weighted by molar-refractivity contribution is 7.99. The molecule has 3 aromatic carbocycles. The van der Waals surface area contributed by atoms with E-state index < -0.39 is 0 Å². The molecule has 4 rings (SSSR count). The van der Waals surface area contributed by atoms with Gasteiger partial charge in [0.1, 0.15) is 12.1 Å². The zero-order valence-electron chi connectivity index (χ0n) is 18.0. The lowest BCUT2D eigenvalue weighted by Gasteiger charge is -2.17. The minimum absolute atomic E-state index is 0.792. The Kier molecular flexibility index (Phi) is 7.05. The third kappa shape index (κ3) is 5.17. The van der Waals surface area contributed by atoms with Gasteiger partial charge in [-0.15, -0.1) is 11.8 Å². The fraction of sp³-hybridized carbons (Fsp3) is 0.231. The minimum atomic E-state index is 0.792. The number of aromatic nitrogens is 3. The zero-order chi connectivity index (χ0) is 21.5. The van der Waals surface area contributed by atoms with Crippen LogP contribution in [-0.2, 0) is 6.42 Å². The molecule has 0 saturated heterocycles. The van der Waals surface area contributed by atoms with Gasteiger partial charge in [-0.1, -0.05) is 48.5 Å². The molecular weight excluding hydrogens is 402 g/mol. The van der Waals surface area contributed by atoms with Crippen molar-refractivity contribution in [2.45, 2.75) is 31.1 Å². The van der Waals surface area contributed by atoms with Gasteiger partial charge in [0.15, 0.2) is 5.82 Å². The highest BCUT2D eigenvalue weighted by Crippen LogP contribution is 2.41. The van der Waals surface area contributed by atoms with E-state index in [0.29, 0.717) is 0 Å². The van der Waals surface area contributed by atoms with E-state index in [9.17, 15) is 0 Å². The highest BCUT2D eigenvalue weighted by Gasteiger charge is 2.16. The number of unbranched alkanes of at least 4 members (excludes halogenated alkanes) is 1. The third-order valence-corrected chi connectivity index (χ3v) is 6.45. The number of hydrogen-bond donors (Lipinski definition) is 1. The van der Waals surface area contributed by atoms with Crippen molar-refractivity contribution in [3.63, 3.8) is 0 Å². The molecule has 4 nitrogen and oxygen atoms in total. The molecule has 0 atom stereocenters. The lowest BCUT2D eigenvalue weighted by Crippen LogP contribution is -1.95. The smallest absolute Gasteiger partial charge is 0.155 e. The number of benzene rings is 3. The Morgan fingerprint density at radius 2 is 1.77 bits per heavy atom. The van der Waals surface area contributed by atoms with Gasteiger partial charge in [-0.25, -0.2) is 4.98 Å². The summed E-state index contributed by atoms with van der Waals surface area (Å²) in [5.41, 5.74) is 6.02. The second kappa shape index (κ2) is 10.3. The number of aromatic amines is 1. The van der Waals surface area contributed by atoms with Gasteiger partial charge in [0.25, 0.3) is 0 Å². The lowest BCUT2D eigenvalue weighted by molar-refractivity contribution is 0.416. The van der Waals surface area contributed by atoms with E-state index >= 15 is 0 Å².